The fraction of sp³-hybridized carbons (Fsp3) is 0.353. The Kier molecular flexibility index (Phi) is 5.92. The first-order valence-electron chi connectivity index (χ1n) is 8.21. The van der Waals surface area contributed by atoms with Crippen molar-refractivity contribution < 1.29 is 22.5 Å². The molecule has 6 nitrogen and oxygen atoms in total. The predicted molar refractivity (Wildman–Crippen MR) is 98.7 cm³/mol. The van der Waals surface area contributed by atoms with E-state index in [1.807, 2.05) is 0 Å². The van der Waals surface area contributed by atoms with Gasteiger partial charge in [0, 0.05) is 5.02 Å². The molecule has 0 saturated carbocycles. The van der Waals surface area contributed by atoms with Gasteiger partial charge in [0.2, 0.25) is 0 Å². The highest BCUT2D eigenvalue weighted by Gasteiger charge is 2.27. The molecule has 0 atom stereocenters. The van der Waals surface area contributed by atoms with Crippen molar-refractivity contribution in [1.29, 1.82) is 0 Å². The number of carbonyl (C=O) groups is 1. The normalized spacial score (nSPS) is 16.0. The Balaban J connectivity index is 1.55. The van der Waals surface area contributed by atoms with Gasteiger partial charge in [-0.15, -0.1) is 0 Å². The molecule has 26 heavy (non-hydrogen) atoms. The summed E-state index contributed by atoms with van der Waals surface area (Å²) in [6, 6.07) is 7.75. The van der Waals surface area contributed by atoms with Crippen LogP contribution in [0, 0.1) is 0 Å². The summed E-state index contributed by atoms with van der Waals surface area (Å²) >= 11 is 11.9. The summed E-state index contributed by atoms with van der Waals surface area (Å²) in [7, 11) is -3.51. The van der Waals surface area contributed by atoms with Crippen LogP contribution in [0.25, 0.3) is 0 Å². The maximum Gasteiger partial charge on any atom is 0.289 e. The zero-order valence-corrected chi connectivity index (χ0v) is 16.3. The van der Waals surface area contributed by atoms with Gasteiger partial charge in [-0.05, 0) is 30.3 Å². The number of furan rings is 1. The first-order valence-corrected chi connectivity index (χ1v) is 10.6. The number of piperazine rings is 1. The van der Waals surface area contributed by atoms with Crippen LogP contribution >= 0.6 is 23.2 Å². The highest BCUT2D eigenvalue weighted by molar-refractivity contribution is 7.91. The molecule has 0 radical (unpaired) electrons. The van der Waals surface area contributed by atoms with Crippen LogP contribution in [0.1, 0.15) is 10.6 Å². The topological polar surface area (TPSA) is 72.0 Å². The summed E-state index contributed by atoms with van der Waals surface area (Å²) in [6.45, 7) is 2.95. The molecular weight excluding hydrogens is 399 g/mol. The number of amides is 1. The van der Waals surface area contributed by atoms with Crippen molar-refractivity contribution in [3.8, 4) is 0 Å². The fourth-order valence-electron chi connectivity index (χ4n) is 2.94. The second kappa shape index (κ2) is 8.00. The molecule has 1 aromatic carbocycles. The Morgan fingerprint density at radius 1 is 1.19 bits per heavy atom. The van der Waals surface area contributed by atoms with Gasteiger partial charge in [-0.1, -0.05) is 23.2 Å². The molecule has 1 aliphatic rings. The van der Waals surface area contributed by atoms with Crippen LogP contribution < -0.4 is 4.90 Å². The molecule has 0 unspecified atom stereocenters. The quantitative estimate of drug-likeness (QED) is 0.797. The van der Waals surface area contributed by atoms with Gasteiger partial charge in [0.05, 0.1) is 48.9 Å². The van der Waals surface area contributed by atoms with Crippen LogP contribution in [-0.2, 0) is 9.84 Å². The monoisotopic (exact) mass is 417 g/mol. The largest absolute Gasteiger partial charge is 0.459 e. The molecule has 0 spiro atoms. The van der Waals surface area contributed by atoms with Crippen LogP contribution in [-0.4, -0.2) is 57.7 Å². The van der Waals surface area contributed by atoms with E-state index in [1.54, 1.807) is 23.1 Å². The molecule has 1 fully saturated rings. The summed E-state index contributed by atoms with van der Waals surface area (Å²) < 4.78 is 30.2. The number of rotatable bonds is 5. The zero-order chi connectivity index (χ0) is 18.7. The summed E-state index contributed by atoms with van der Waals surface area (Å²) in [5.41, 5.74) is 0. The smallest absolute Gasteiger partial charge is 0.289 e. The minimum absolute atomic E-state index is 0.0193. The summed E-state index contributed by atoms with van der Waals surface area (Å²) in [5.74, 6) is 0.174. The number of hydrogen-bond acceptors (Lipinski definition) is 4. The van der Waals surface area contributed by atoms with Crippen molar-refractivity contribution in [3.05, 3.63) is 52.4 Å². The predicted octanol–water partition coefficient (Wildman–Crippen LogP) is 1.40. The van der Waals surface area contributed by atoms with Gasteiger partial charge in [-0.2, -0.15) is 0 Å². The standard InChI is InChI=1S/C17H18Cl2N2O4S/c18-13-3-4-14(19)16(12-13)26(23,24)11-9-20-5-7-21(8-6-20)17(22)15-2-1-10-25-15/h1-4,10,12H,5-9,11H2/p+1. The molecular formula is C17H19Cl2N2O4S+. The number of nitrogens with zero attached hydrogens (tertiary/aromatic N) is 1. The Labute approximate surface area is 162 Å². The van der Waals surface area contributed by atoms with Crippen molar-refractivity contribution in [1.82, 2.24) is 4.90 Å². The molecule has 3 rings (SSSR count). The second-order valence-corrected chi connectivity index (χ2v) is 9.08. The van der Waals surface area contributed by atoms with Crippen LogP contribution in [0.15, 0.2) is 45.9 Å². The highest BCUT2D eigenvalue weighted by atomic mass is 35.5. The van der Waals surface area contributed by atoms with Crippen LogP contribution in [0.4, 0.5) is 0 Å². The van der Waals surface area contributed by atoms with Crippen LogP contribution in [0.2, 0.25) is 10.0 Å². The van der Waals surface area contributed by atoms with Crippen molar-refractivity contribution >= 4 is 38.9 Å². The molecule has 0 bridgehead atoms. The average molecular weight is 418 g/mol. The lowest BCUT2D eigenvalue weighted by molar-refractivity contribution is -0.901. The molecule has 1 amide bonds. The van der Waals surface area contributed by atoms with Gasteiger partial charge in [-0.25, -0.2) is 8.42 Å². The maximum atomic E-state index is 12.5. The molecule has 140 valence electrons. The highest BCUT2D eigenvalue weighted by Crippen LogP contribution is 2.25. The third-order valence-corrected chi connectivity index (χ3v) is 6.87. The van der Waals surface area contributed by atoms with Gasteiger partial charge in [0.1, 0.15) is 5.75 Å². The van der Waals surface area contributed by atoms with Crippen LogP contribution in [0.5, 0.6) is 0 Å². The SMILES string of the molecule is O=C(c1ccco1)N1CC[NH+](CCS(=O)(=O)c2cc(Cl)ccc2Cl)CC1. The first kappa shape index (κ1) is 19.2. The van der Waals surface area contributed by atoms with Gasteiger partial charge in [-0.3, -0.25) is 4.79 Å². The molecule has 1 aliphatic heterocycles. The van der Waals surface area contributed by atoms with E-state index in [0.29, 0.717) is 43.5 Å². The zero-order valence-electron chi connectivity index (χ0n) is 14.0. The molecule has 1 saturated heterocycles. The number of benzene rings is 1. The van der Waals surface area contributed by atoms with E-state index >= 15 is 0 Å². The number of halogens is 2. The van der Waals surface area contributed by atoms with Crippen molar-refractivity contribution in [2.24, 2.45) is 0 Å². The maximum absolute atomic E-state index is 12.5. The minimum Gasteiger partial charge on any atom is -0.459 e. The lowest BCUT2D eigenvalue weighted by Gasteiger charge is -2.31. The van der Waals surface area contributed by atoms with Crippen molar-refractivity contribution in [2.75, 3.05) is 38.5 Å². The first-order chi connectivity index (χ1) is 12.4. The summed E-state index contributed by atoms with van der Waals surface area (Å²) in [4.78, 5) is 15.2. The number of sulfone groups is 1. The van der Waals surface area contributed by atoms with Gasteiger partial charge in [0.15, 0.2) is 15.6 Å². The van der Waals surface area contributed by atoms with Crippen molar-refractivity contribution in [2.45, 2.75) is 4.90 Å². The van der Waals surface area contributed by atoms with Crippen molar-refractivity contribution in [3.63, 3.8) is 0 Å². The number of nitrogens with one attached hydrogen (secondary N) is 1. The van der Waals surface area contributed by atoms with E-state index in [2.05, 4.69) is 0 Å². The summed E-state index contributed by atoms with van der Waals surface area (Å²) in [5, 5.41) is 0.517. The number of quaternary nitrogens is 1. The van der Waals surface area contributed by atoms with Gasteiger partial charge in [0.25, 0.3) is 5.91 Å². The number of hydrogen-bond donors (Lipinski definition) is 1. The Bertz CT molecular complexity index is 876. The third-order valence-electron chi connectivity index (χ3n) is 4.44. The van der Waals surface area contributed by atoms with E-state index in [9.17, 15) is 13.2 Å². The van der Waals surface area contributed by atoms with E-state index in [1.165, 1.54) is 18.4 Å². The average Bonchev–Trinajstić information content (AvgIpc) is 3.16. The number of carbonyl (C=O) groups excluding carboxylic acids is 1. The van der Waals surface area contributed by atoms with E-state index in [-0.39, 0.29) is 21.6 Å². The fourth-order valence-corrected chi connectivity index (χ4v) is 5.09. The molecule has 1 N–H and O–H groups in total. The van der Waals surface area contributed by atoms with E-state index in [4.69, 9.17) is 27.6 Å². The third kappa shape index (κ3) is 4.40. The lowest BCUT2D eigenvalue weighted by atomic mass is 10.3. The van der Waals surface area contributed by atoms with Gasteiger partial charge >= 0.3 is 0 Å². The molecule has 9 heteroatoms. The van der Waals surface area contributed by atoms with E-state index < -0.39 is 9.84 Å². The van der Waals surface area contributed by atoms with Crippen LogP contribution in [0.3, 0.4) is 0 Å². The van der Waals surface area contributed by atoms with Gasteiger partial charge < -0.3 is 14.2 Å². The summed E-state index contributed by atoms with van der Waals surface area (Å²) in [6.07, 6.45) is 1.47. The Hall–Kier alpha value is -1.54. The second-order valence-electron chi connectivity index (χ2n) is 6.16. The molecule has 2 heterocycles. The lowest BCUT2D eigenvalue weighted by Crippen LogP contribution is -3.15. The molecule has 2 aromatic rings. The minimum atomic E-state index is -3.51. The Morgan fingerprint density at radius 2 is 1.92 bits per heavy atom. The molecule has 1 aromatic heterocycles. The Morgan fingerprint density at radius 3 is 2.58 bits per heavy atom. The molecule has 0 aliphatic carbocycles. The van der Waals surface area contributed by atoms with E-state index in [0.717, 1.165) is 4.90 Å².